The Morgan fingerprint density at radius 3 is 2.17 bits per heavy atom. The molecule has 106 valence electrons. The van der Waals surface area contributed by atoms with Crippen molar-refractivity contribution in [3.8, 4) is 0 Å². The number of rotatable bonds is 5. The van der Waals surface area contributed by atoms with Gasteiger partial charge >= 0.3 is 12.1 Å². The number of carboxylic acid groups (broad SMARTS) is 1. The van der Waals surface area contributed by atoms with Crippen molar-refractivity contribution >= 4 is 12.1 Å². The van der Waals surface area contributed by atoms with Crippen molar-refractivity contribution < 1.29 is 19.4 Å². The van der Waals surface area contributed by atoms with Gasteiger partial charge < -0.3 is 9.84 Å². The van der Waals surface area contributed by atoms with Crippen LogP contribution < -0.4 is 0 Å². The van der Waals surface area contributed by atoms with Gasteiger partial charge in [-0.1, -0.05) is 20.3 Å². The van der Waals surface area contributed by atoms with Crippen LogP contribution in [0.2, 0.25) is 0 Å². The lowest BCUT2D eigenvalue weighted by atomic mass is 9.99. The Kier molecular flexibility index (Phi) is 6.15. The maximum Gasteiger partial charge on any atom is 0.410 e. The summed E-state index contributed by atoms with van der Waals surface area (Å²) in [6.07, 6.45) is 0.714. The summed E-state index contributed by atoms with van der Waals surface area (Å²) >= 11 is 0. The van der Waals surface area contributed by atoms with Gasteiger partial charge in [-0.15, -0.1) is 0 Å². The number of ether oxygens (including phenoxy) is 1. The fourth-order valence-electron chi connectivity index (χ4n) is 1.43. The zero-order chi connectivity index (χ0) is 14.5. The molecule has 0 unspecified atom stereocenters. The van der Waals surface area contributed by atoms with Crippen molar-refractivity contribution in [1.82, 2.24) is 4.90 Å². The van der Waals surface area contributed by atoms with E-state index in [9.17, 15) is 14.7 Å². The fraction of sp³-hybridized carbons (Fsp3) is 0.846. The topological polar surface area (TPSA) is 66.8 Å². The molecule has 0 radical (unpaired) electrons. The zero-order valence-electron chi connectivity index (χ0n) is 12.2. The molecular weight excluding hydrogens is 234 g/mol. The molecule has 0 aliphatic carbocycles. The van der Waals surface area contributed by atoms with Gasteiger partial charge in [0.25, 0.3) is 0 Å². The molecule has 1 N–H and O–H groups in total. The highest BCUT2D eigenvalue weighted by Gasteiger charge is 2.30. The molecule has 0 aromatic heterocycles. The van der Waals surface area contributed by atoms with Crippen LogP contribution in [0.5, 0.6) is 0 Å². The molecule has 2 atom stereocenters. The lowest BCUT2D eigenvalue weighted by Gasteiger charge is -2.29. The molecule has 0 heterocycles. The first kappa shape index (κ1) is 16.7. The van der Waals surface area contributed by atoms with Gasteiger partial charge in [0.15, 0.2) is 0 Å². The van der Waals surface area contributed by atoms with Gasteiger partial charge in [0.1, 0.15) is 11.6 Å². The van der Waals surface area contributed by atoms with E-state index in [2.05, 4.69) is 0 Å². The summed E-state index contributed by atoms with van der Waals surface area (Å²) in [4.78, 5) is 24.2. The number of carboxylic acids is 1. The maximum atomic E-state index is 11.8. The van der Waals surface area contributed by atoms with Crippen molar-refractivity contribution in [2.24, 2.45) is 5.92 Å². The van der Waals surface area contributed by atoms with Gasteiger partial charge in [-0.3, -0.25) is 4.90 Å². The van der Waals surface area contributed by atoms with Crippen molar-refractivity contribution in [1.29, 1.82) is 0 Å². The number of hydrogen-bond acceptors (Lipinski definition) is 3. The van der Waals surface area contributed by atoms with Gasteiger partial charge in [0.2, 0.25) is 0 Å². The van der Waals surface area contributed by atoms with Crippen LogP contribution in [0.4, 0.5) is 4.79 Å². The summed E-state index contributed by atoms with van der Waals surface area (Å²) in [5, 5.41) is 9.19. The van der Waals surface area contributed by atoms with Crippen molar-refractivity contribution in [2.45, 2.75) is 59.1 Å². The predicted octanol–water partition coefficient (Wildman–Crippen LogP) is 2.74. The van der Waals surface area contributed by atoms with Gasteiger partial charge in [-0.25, -0.2) is 9.59 Å². The van der Waals surface area contributed by atoms with E-state index in [0.717, 1.165) is 6.42 Å². The Balaban J connectivity index is 4.71. The molecule has 0 bridgehead atoms. The number of amides is 1. The highest BCUT2D eigenvalue weighted by Crippen LogP contribution is 2.17. The lowest BCUT2D eigenvalue weighted by molar-refractivity contribution is -0.143. The maximum absolute atomic E-state index is 11.8. The number of hydrogen-bond donors (Lipinski definition) is 1. The number of carbonyl (C=O) groups is 2. The van der Waals surface area contributed by atoms with Gasteiger partial charge in [-0.05, 0) is 33.1 Å². The number of likely N-dealkylation sites (N-methyl/N-ethyl adjacent to an activating group) is 1. The largest absolute Gasteiger partial charge is 0.480 e. The molecule has 0 aromatic carbocycles. The lowest BCUT2D eigenvalue weighted by Crippen LogP contribution is -2.45. The molecule has 18 heavy (non-hydrogen) atoms. The smallest absolute Gasteiger partial charge is 0.410 e. The Hall–Kier alpha value is -1.26. The van der Waals surface area contributed by atoms with Crippen LogP contribution in [0, 0.1) is 5.92 Å². The molecule has 0 saturated carbocycles. The molecule has 0 rings (SSSR count). The summed E-state index contributed by atoms with van der Waals surface area (Å²) in [5.74, 6) is -0.750. The van der Waals surface area contributed by atoms with E-state index in [1.54, 1.807) is 20.8 Å². The fourth-order valence-corrected chi connectivity index (χ4v) is 1.43. The van der Waals surface area contributed by atoms with Crippen molar-refractivity contribution in [2.75, 3.05) is 7.05 Å². The minimum Gasteiger partial charge on any atom is -0.480 e. The van der Waals surface area contributed by atoms with Crippen LogP contribution in [0.1, 0.15) is 47.5 Å². The first-order chi connectivity index (χ1) is 8.08. The number of carbonyl (C=O) groups excluding carboxylic acids is 1. The Labute approximate surface area is 109 Å². The Morgan fingerprint density at radius 1 is 1.33 bits per heavy atom. The average molecular weight is 259 g/mol. The van der Waals surface area contributed by atoms with Crippen LogP contribution in [0.25, 0.3) is 0 Å². The third-order valence-electron chi connectivity index (χ3n) is 2.76. The summed E-state index contributed by atoms with van der Waals surface area (Å²) in [7, 11) is 1.47. The molecule has 5 heteroatoms. The third-order valence-corrected chi connectivity index (χ3v) is 2.76. The molecule has 0 fully saturated rings. The summed E-state index contributed by atoms with van der Waals surface area (Å²) in [6, 6.07) is -0.838. The number of aliphatic carboxylic acids is 1. The second-order valence-corrected chi connectivity index (χ2v) is 5.69. The normalized spacial score (nSPS) is 14.8. The Morgan fingerprint density at radius 2 is 1.83 bits per heavy atom. The zero-order valence-corrected chi connectivity index (χ0v) is 12.2. The molecule has 0 spiro atoms. The van der Waals surface area contributed by atoms with Crippen LogP contribution in [-0.4, -0.2) is 40.8 Å². The van der Waals surface area contributed by atoms with Gasteiger partial charge in [0, 0.05) is 7.05 Å². The SMILES string of the molecule is CC[C@H](C)C[C@@H](C(=O)O)N(C)C(=O)OC(C)(C)C. The van der Waals surface area contributed by atoms with Gasteiger partial charge in [-0.2, -0.15) is 0 Å². The average Bonchev–Trinajstić information content (AvgIpc) is 2.21. The molecule has 5 nitrogen and oxygen atoms in total. The minimum absolute atomic E-state index is 0.246. The monoisotopic (exact) mass is 259 g/mol. The first-order valence-corrected chi connectivity index (χ1v) is 6.27. The molecule has 0 saturated heterocycles. The molecule has 1 amide bonds. The second kappa shape index (κ2) is 6.61. The van der Waals surface area contributed by atoms with Gasteiger partial charge in [0.05, 0.1) is 0 Å². The van der Waals surface area contributed by atoms with E-state index >= 15 is 0 Å². The minimum atomic E-state index is -0.997. The van der Waals surface area contributed by atoms with E-state index in [1.165, 1.54) is 11.9 Å². The van der Waals surface area contributed by atoms with E-state index < -0.39 is 23.7 Å². The van der Waals surface area contributed by atoms with E-state index in [1.807, 2.05) is 13.8 Å². The molecular formula is C13H25NO4. The molecule has 0 aromatic rings. The highest BCUT2D eigenvalue weighted by atomic mass is 16.6. The van der Waals surface area contributed by atoms with E-state index in [4.69, 9.17) is 4.74 Å². The second-order valence-electron chi connectivity index (χ2n) is 5.69. The number of nitrogens with zero attached hydrogens (tertiary/aromatic N) is 1. The summed E-state index contributed by atoms with van der Waals surface area (Å²) in [6.45, 7) is 9.23. The van der Waals surface area contributed by atoms with Crippen molar-refractivity contribution in [3.05, 3.63) is 0 Å². The van der Waals surface area contributed by atoms with E-state index in [0.29, 0.717) is 6.42 Å². The molecule has 0 aliphatic heterocycles. The summed E-state index contributed by atoms with van der Waals surface area (Å²) < 4.78 is 5.17. The van der Waals surface area contributed by atoms with Crippen LogP contribution in [0.3, 0.4) is 0 Å². The van der Waals surface area contributed by atoms with Crippen LogP contribution in [0.15, 0.2) is 0 Å². The first-order valence-electron chi connectivity index (χ1n) is 6.27. The van der Waals surface area contributed by atoms with Crippen LogP contribution >= 0.6 is 0 Å². The quantitative estimate of drug-likeness (QED) is 0.824. The third kappa shape index (κ3) is 5.89. The van der Waals surface area contributed by atoms with E-state index in [-0.39, 0.29) is 5.92 Å². The predicted molar refractivity (Wildman–Crippen MR) is 69.5 cm³/mol. The Bertz CT molecular complexity index is 296. The van der Waals surface area contributed by atoms with Crippen molar-refractivity contribution in [3.63, 3.8) is 0 Å². The standard InChI is InChI=1S/C13H25NO4/c1-7-9(2)8-10(11(15)16)14(6)12(17)18-13(3,4)5/h9-10H,7-8H2,1-6H3,(H,15,16)/t9-,10-/m0/s1. The van der Waals surface area contributed by atoms with Crippen LogP contribution in [-0.2, 0) is 9.53 Å². The molecule has 0 aliphatic rings. The summed E-state index contributed by atoms with van der Waals surface area (Å²) in [5.41, 5.74) is -0.620. The highest BCUT2D eigenvalue weighted by molar-refractivity contribution is 5.79.